The zero-order valence-electron chi connectivity index (χ0n) is 13.6. The molecule has 122 valence electrons. The van der Waals surface area contributed by atoms with Crippen LogP contribution in [0.1, 0.15) is 54.9 Å². The maximum absolute atomic E-state index is 12.3. The first-order chi connectivity index (χ1) is 10.9. The molecule has 2 rings (SSSR count). The highest BCUT2D eigenvalue weighted by Crippen LogP contribution is 2.21. The van der Waals surface area contributed by atoms with Gasteiger partial charge >= 0.3 is 0 Å². The van der Waals surface area contributed by atoms with Crippen LogP contribution in [0, 0.1) is 5.41 Å². The number of primary amides is 1. The molecule has 4 N–H and O–H groups in total. The van der Waals surface area contributed by atoms with Gasteiger partial charge in [-0.2, -0.15) is 0 Å². The van der Waals surface area contributed by atoms with Crippen molar-refractivity contribution in [2.45, 2.75) is 45.1 Å². The van der Waals surface area contributed by atoms with E-state index in [0.717, 1.165) is 0 Å². The Bertz CT molecular complexity index is 645. The summed E-state index contributed by atoms with van der Waals surface area (Å²) in [6.07, 6.45) is 3.00. The molecule has 1 saturated carbocycles. The first-order valence-corrected chi connectivity index (χ1v) is 7.85. The highest BCUT2D eigenvalue weighted by atomic mass is 16.2. The molecule has 1 aliphatic carbocycles. The monoisotopic (exact) mass is 313 g/mol. The lowest BCUT2D eigenvalue weighted by Gasteiger charge is -2.25. The predicted molar refractivity (Wildman–Crippen MR) is 90.6 cm³/mol. The average Bonchev–Trinajstić information content (AvgIpc) is 2.50. The van der Waals surface area contributed by atoms with Crippen molar-refractivity contribution >= 4 is 17.5 Å². The van der Waals surface area contributed by atoms with Gasteiger partial charge in [0, 0.05) is 23.4 Å². The van der Waals surface area contributed by atoms with E-state index in [4.69, 9.17) is 11.1 Å². The van der Waals surface area contributed by atoms with Crippen LogP contribution in [-0.2, 0) is 4.79 Å². The van der Waals surface area contributed by atoms with Crippen LogP contribution in [0.25, 0.3) is 0 Å². The second kappa shape index (κ2) is 7.22. The third-order valence-corrected chi connectivity index (χ3v) is 4.09. The molecule has 1 fully saturated rings. The molecule has 1 aromatic carbocycles. The average molecular weight is 313 g/mol. The summed E-state index contributed by atoms with van der Waals surface area (Å²) in [5, 5.41) is 10.8. The van der Waals surface area contributed by atoms with Crippen molar-refractivity contribution in [3.63, 3.8) is 0 Å². The quantitative estimate of drug-likeness (QED) is 0.745. The van der Waals surface area contributed by atoms with Crippen LogP contribution >= 0.6 is 0 Å². The molecule has 0 spiro atoms. The number of carbonyl (C=O) groups excluding carboxylic acids is 2. The fourth-order valence-corrected chi connectivity index (χ4v) is 2.70. The topological polar surface area (TPSA) is 96.0 Å². The van der Waals surface area contributed by atoms with E-state index in [9.17, 15) is 9.59 Å². The minimum absolute atomic E-state index is 0.0769. The molecule has 5 heteroatoms. The number of rotatable bonds is 4. The fraction of sp³-hybridized carbons (Fsp3) is 0.389. The van der Waals surface area contributed by atoms with Crippen molar-refractivity contribution in [2.24, 2.45) is 5.73 Å². The maximum Gasteiger partial charge on any atom is 0.251 e. The summed E-state index contributed by atoms with van der Waals surface area (Å²) in [6.45, 7) is 4.22. The Morgan fingerprint density at radius 2 is 1.96 bits per heavy atom. The van der Waals surface area contributed by atoms with Crippen LogP contribution in [0.4, 0.5) is 0 Å². The lowest BCUT2D eigenvalue weighted by Crippen LogP contribution is -2.38. The van der Waals surface area contributed by atoms with E-state index in [-0.39, 0.29) is 11.9 Å². The number of hydrogen-bond acceptors (Lipinski definition) is 3. The molecule has 2 amide bonds. The van der Waals surface area contributed by atoms with Gasteiger partial charge in [-0.1, -0.05) is 26.0 Å². The molecule has 0 aliphatic heterocycles. The zero-order chi connectivity index (χ0) is 17.0. The molecular formula is C18H23N3O2. The van der Waals surface area contributed by atoms with Crippen LogP contribution in [0.3, 0.4) is 0 Å². The Balaban J connectivity index is 2.02. The summed E-state index contributed by atoms with van der Waals surface area (Å²) in [6, 6.07) is 7.51. The normalized spacial score (nSPS) is 19.9. The largest absolute Gasteiger partial charge is 0.366 e. The van der Waals surface area contributed by atoms with Gasteiger partial charge < -0.3 is 16.5 Å². The maximum atomic E-state index is 12.3. The van der Waals surface area contributed by atoms with E-state index in [0.29, 0.717) is 42.0 Å². The third kappa shape index (κ3) is 4.52. The fourth-order valence-electron chi connectivity index (χ4n) is 2.70. The molecular weight excluding hydrogens is 290 g/mol. The highest BCUT2D eigenvalue weighted by Gasteiger charge is 2.23. The van der Waals surface area contributed by atoms with E-state index in [1.54, 1.807) is 0 Å². The summed E-state index contributed by atoms with van der Waals surface area (Å²) < 4.78 is 0. The Morgan fingerprint density at radius 1 is 1.30 bits per heavy atom. The van der Waals surface area contributed by atoms with Gasteiger partial charge in [0.05, 0.1) is 0 Å². The van der Waals surface area contributed by atoms with Gasteiger partial charge in [0.15, 0.2) is 0 Å². The number of nitrogens with two attached hydrogens (primary N) is 1. The van der Waals surface area contributed by atoms with Gasteiger partial charge in [0.2, 0.25) is 5.91 Å². The summed E-state index contributed by atoms with van der Waals surface area (Å²) in [7, 11) is 0. The number of carbonyl (C=O) groups is 2. The molecule has 0 aromatic heterocycles. The Labute approximate surface area is 136 Å². The van der Waals surface area contributed by atoms with Gasteiger partial charge in [-0.25, -0.2) is 0 Å². The zero-order valence-corrected chi connectivity index (χ0v) is 13.6. The van der Waals surface area contributed by atoms with Gasteiger partial charge in [0.25, 0.3) is 5.91 Å². The molecule has 0 radical (unpaired) electrons. The first-order valence-electron chi connectivity index (χ1n) is 7.85. The second-order valence-corrected chi connectivity index (χ2v) is 6.24. The molecule has 1 atom stereocenters. The summed E-state index contributed by atoms with van der Waals surface area (Å²) in [5.74, 6) is -0.254. The van der Waals surface area contributed by atoms with Crippen molar-refractivity contribution in [1.82, 2.24) is 5.32 Å². The van der Waals surface area contributed by atoms with Crippen molar-refractivity contribution in [3.05, 3.63) is 47.0 Å². The minimum atomic E-state index is -0.555. The Morgan fingerprint density at radius 3 is 2.52 bits per heavy atom. The molecule has 0 saturated heterocycles. The van der Waals surface area contributed by atoms with Gasteiger partial charge in [-0.3, -0.25) is 9.59 Å². The van der Waals surface area contributed by atoms with E-state index in [2.05, 4.69) is 19.2 Å². The summed E-state index contributed by atoms with van der Waals surface area (Å²) in [5.41, 5.74) is 8.02. The van der Waals surface area contributed by atoms with E-state index >= 15 is 0 Å². The smallest absolute Gasteiger partial charge is 0.251 e. The number of benzene rings is 1. The molecule has 5 nitrogen and oxygen atoms in total. The van der Waals surface area contributed by atoms with Crippen molar-refractivity contribution < 1.29 is 9.59 Å². The highest BCUT2D eigenvalue weighted by molar-refractivity contribution is 6.04. The van der Waals surface area contributed by atoms with Crippen LogP contribution < -0.4 is 11.1 Å². The van der Waals surface area contributed by atoms with Crippen molar-refractivity contribution in [1.29, 1.82) is 5.41 Å². The van der Waals surface area contributed by atoms with Crippen LogP contribution in [0.15, 0.2) is 35.9 Å². The Kier molecular flexibility index (Phi) is 5.32. The standard InChI is InChI=1S/C18H23N3O2/c1-11(2)12-3-5-13(6-4-12)18(23)21-15-7-8-16(19)14(9-15)10-17(20)22/h3-6,10-11,15,19H,7-9H2,1-2H3,(H2,20,22)(H,21,23)/b14-10-,19-16?. The van der Waals surface area contributed by atoms with Crippen molar-refractivity contribution in [2.75, 3.05) is 0 Å². The first kappa shape index (κ1) is 16.9. The van der Waals surface area contributed by atoms with Gasteiger partial charge in [0.1, 0.15) is 0 Å². The van der Waals surface area contributed by atoms with E-state index < -0.39 is 5.91 Å². The second-order valence-electron chi connectivity index (χ2n) is 6.24. The van der Waals surface area contributed by atoms with Crippen LogP contribution in [-0.4, -0.2) is 23.6 Å². The van der Waals surface area contributed by atoms with E-state index in [1.165, 1.54) is 11.6 Å². The predicted octanol–water partition coefficient (Wildman–Crippen LogP) is 2.52. The van der Waals surface area contributed by atoms with E-state index in [1.807, 2.05) is 24.3 Å². The third-order valence-electron chi connectivity index (χ3n) is 4.09. The summed E-state index contributed by atoms with van der Waals surface area (Å²) >= 11 is 0. The van der Waals surface area contributed by atoms with Crippen LogP contribution in [0.2, 0.25) is 0 Å². The van der Waals surface area contributed by atoms with Gasteiger partial charge in [-0.15, -0.1) is 0 Å². The number of nitrogens with one attached hydrogen (secondary N) is 2. The molecule has 0 heterocycles. The lowest BCUT2D eigenvalue weighted by molar-refractivity contribution is -0.113. The molecule has 0 bridgehead atoms. The molecule has 1 aliphatic rings. The summed E-state index contributed by atoms with van der Waals surface area (Å²) in [4.78, 5) is 23.3. The lowest BCUT2D eigenvalue weighted by atomic mass is 9.88. The number of amides is 2. The molecule has 1 unspecified atom stereocenters. The van der Waals surface area contributed by atoms with Gasteiger partial charge in [-0.05, 0) is 48.4 Å². The Hall–Kier alpha value is -2.43. The molecule has 23 heavy (non-hydrogen) atoms. The van der Waals surface area contributed by atoms with Crippen LogP contribution in [0.5, 0.6) is 0 Å². The van der Waals surface area contributed by atoms with Crippen molar-refractivity contribution in [3.8, 4) is 0 Å². The minimum Gasteiger partial charge on any atom is -0.366 e. The molecule has 1 aromatic rings. The number of hydrogen-bond donors (Lipinski definition) is 3. The SMILES string of the molecule is CC(C)c1ccc(C(=O)NC2CCC(=N)/C(=C\C(N)=O)C2)cc1.